The molecular weight excluding hydrogens is 478 g/mol. The van der Waals surface area contributed by atoms with E-state index in [4.69, 9.17) is 9.47 Å². The molecule has 1 amide bonds. The maximum atomic E-state index is 13.6. The Labute approximate surface area is 211 Å². The molecule has 9 heteroatoms. The number of morpholine rings is 1. The molecule has 188 valence electrons. The molecule has 2 heterocycles. The number of anilines is 3. The van der Waals surface area contributed by atoms with Crippen molar-refractivity contribution in [1.82, 2.24) is 0 Å². The number of nitrogens with one attached hydrogen (secondary N) is 1. The van der Waals surface area contributed by atoms with Crippen LogP contribution in [0.25, 0.3) is 0 Å². The number of hydrogen-bond acceptors (Lipinski definition) is 6. The zero-order valence-electron chi connectivity index (χ0n) is 20.3. The SMILES string of the molecule is Cc1ccc(S(=O)(=O)N2CC(C(=O)Nc3ccc(N4CCOCC4)cc3)Oc3ccc(C)cc32)cc1. The highest BCUT2D eigenvalue weighted by molar-refractivity contribution is 7.92. The molecule has 2 aliphatic rings. The number of nitrogens with zero attached hydrogens (tertiary/aromatic N) is 2. The summed E-state index contributed by atoms with van der Waals surface area (Å²) in [6, 6.07) is 19.6. The Bertz CT molecular complexity index is 1350. The fourth-order valence-electron chi connectivity index (χ4n) is 4.36. The second-order valence-electron chi connectivity index (χ2n) is 9.06. The summed E-state index contributed by atoms with van der Waals surface area (Å²) in [4.78, 5) is 15.6. The van der Waals surface area contributed by atoms with E-state index in [0.29, 0.717) is 30.3 Å². The monoisotopic (exact) mass is 507 g/mol. The fourth-order valence-corrected chi connectivity index (χ4v) is 5.83. The molecule has 3 aromatic carbocycles. The lowest BCUT2D eigenvalue weighted by Crippen LogP contribution is -2.48. The molecule has 0 saturated carbocycles. The van der Waals surface area contributed by atoms with Gasteiger partial charge in [-0.2, -0.15) is 0 Å². The minimum absolute atomic E-state index is 0.135. The minimum atomic E-state index is -3.91. The first kappa shape index (κ1) is 24.1. The van der Waals surface area contributed by atoms with E-state index in [2.05, 4.69) is 10.2 Å². The number of fused-ring (bicyclic) bond motifs is 1. The molecule has 0 aromatic heterocycles. The van der Waals surface area contributed by atoms with Gasteiger partial charge in [0.05, 0.1) is 30.3 Å². The van der Waals surface area contributed by atoms with E-state index in [1.807, 2.05) is 44.2 Å². The molecule has 1 unspecified atom stereocenters. The molecular formula is C27H29N3O5S. The van der Waals surface area contributed by atoms with Crippen molar-refractivity contribution in [1.29, 1.82) is 0 Å². The van der Waals surface area contributed by atoms with Crippen molar-refractivity contribution in [3.05, 3.63) is 77.9 Å². The Morgan fingerprint density at radius 1 is 0.917 bits per heavy atom. The summed E-state index contributed by atoms with van der Waals surface area (Å²) in [5.74, 6) is -0.0604. The highest BCUT2D eigenvalue weighted by Gasteiger charge is 2.37. The lowest BCUT2D eigenvalue weighted by Gasteiger charge is -2.35. The Balaban J connectivity index is 1.38. The number of carbonyl (C=O) groups is 1. The highest BCUT2D eigenvalue weighted by atomic mass is 32.2. The maximum absolute atomic E-state index is 13.6. The molecule has 1 saturated heterocycles. The Hall–Kier alpha value is -3.56. The van der Waals surface area contributed by atoms with E-state index in [1.54, 1.807) is 36.4 Å². The summed E-state index contributed by atoms with van der Waals surface area (Å²) >= 11 is 0. The van der Waals surface area contributed by atoms with E-state index in [9.17, 15) is 13.2 Å². The summed E-state index contributed by atoms with van der Waals surface area (Å²) in [6.07, 6.45) is -1.01. The van der Waals surface area contributed by atoms with Crippen molar-refractivity contribution in [2.45, 2.75) is 24.8 Å². The average Bonchev–Trinajstić information content (AvgIpc) is 2.89. The molecule has 1 atom stereocenters. The van der Waals surface area contributed by atoms with Gasteiger partial charge in [0.2, 0.25) is 0 Å². The molecule has 3 aromatic rings. The zero-order chi connectivity index (χ0) is 25.3. The van der Waals surface area contributed by atoms with Gasteiger partial charge in [-0.3, -0.25) is 9.10 Å². The third-order valence-electron chi connectivity index (χ3n) is 6.40. The number of aryl methyl sites for hydroxylation is 2. The van der Waals surface area contributed by atoms with Crippen molar-refractivity contribution >= 4 is 33.0 Å². The van der Waals surface area contributed by atoms with Crippen LogP contribution in [-0.2, 0) is 19.6 Å². The van der Waals surface area contributed by atoms with Crippen LogP contribution in [0.3, 0.4) is 0 Å². The lowest BCUT2D eigenvalue weighted by molar-refractivity contribution is -0.122. The van der Waals surface area contributed by atoms with Crippen molar-refractivity contribution in [3.63, 3.8) is 0 Å². The number of hydrogen-bond donors (Lipinski definition) is 1. The molecule has 0 radical (unpaired) electrons. The molecule has 1 N–H and O–H groups in total. The molecule has 0 aliphatic carbocycles. The first-order valence-corrected chi connectivity index (χ1v) is 13.4. The minimum Gasteiger partial charge on any atom is -0.476 e. The molecule has 0 bridgehead atoms. The van der Waals surface area contributed by atoms with Crippen LogP contribution in [0.15, 0.2) is 71.6 Å². The summed E-state index contributed by atoms with van der Waals surface area (Å²) in [5.41, 5.74) is 3.96. The van der Waals surface area contributed by atoms with Gasteiger partial charge >= 0.3 is 0 Å². The number of ether oxygens (including phenoxy) is 2. The smallest absolute Gasteiger partial charge is 0.267 e. The molecule has 5 rings (SSSR count). The predicted molar refractivity (Wildman–Crippen MR) is 139 cm³/mol. The lowest BCUT2D eigenvalue weighted by atomic mass is 10.1. The predicted octanol–water partition coefficient (Wildman–Crippen LogP) is 3.74. The highest BCUT2D eigenvalue weighted by Crippen LogP contribution is 2.38. The largest absolute Gasteiger partial charge is 0.476 e. The van der Waals surface area contributed by atoms with E-state index >= 15 is 0 Å². The molecule has 0 spiro atoms. The number of amides is 1. The molecule has 2 aliphatic heterocycles. The van der Waals surface area contributed by atoms with Crippen LogP contribution in [0, 0.1) is 13.8 Å². The van der Waals surface area contributed by atoms with Gasteiger partial charge in [-0.1, -0.05) is 23.8 Å². The second kappa shape index (κ2) is 9.83. The van der Waals surface area contributed by atoms with Gasteiger partial charge < -0.3 is 19.7 Å². The summed E-state index contributed by atoms with van der Waals surface area (Å²) in [6.45, 7) is 6.69. The van der Waals surface area contributed by atoms with Gasteiger partial charge in [0, 0.05) is 24.5 Å². The first-order chi connectivity index (χ1) is 17.3. The van der Waals surface area contributed by atoms with Crippen LogP contribution < -0.4 is 19.3 Å². The number of sulfonamides is 1. The van der Waals surface area contributed by atoms with Crippen molar-refractivity contribution in [2.24, 2.45) is 0 Å². The van der Waals surface area contributed by atoms with Crippen LogP contribution in [-0.4, -0.2) is 53.3 Å². The van der Waals surface area contributed by atoms with Crippen molar-refractivity contribution in [3.8, 4) is 5.75 Å². The van der Waals surface area contributed by atoms with Crippen LogP contribution in [0.5, 0.6) is 5.75 Å². The van der Waals surface area contributed by atoms with Crippen LogP contribution in [0.4, 0.5) is 17.1 Å². The molecule has 1 fully saturated rings. The maximum Gasteiger partial charge on any atom is 0.267 e. The third kappa shape index (κ3) is 4.89. The van der Waals surface area contributed by atoms with Gasteiger partial charge in [-0.05, 0) is 67.9 Å². The topological polar surface area (TPSA) is 88.2 Å². The Morgan fingerprint density at radius 2 is 1.58 bits per heavy atom. The van der Waals surface area contributed by atoms with Gasteiger partial charge in [0.15, 0.2) is 6.10 Å². The van der Waals surface area contributed by atoms with E-state index in [1.165, 1.54) is 4.31 Å². The zero-order valence-corrected chi connectivity index (χ0v) is 21.1. The van der Waals surface area contributed by atoms with Gasteiger partial charge in [-0.15, -0.1) is 0 Å². The van der Waals surface area contributed by atoms with Gasteiger partial charge in [0.25, 0.3) is 15.9 Å². The van der Waals surface area contributed by atoms with E-state index < -0.39 is 22.0 Å². The average molecular weight is 508 g/mol. The second-order valence-corrected chi connectivity index (χ2v) is 10.9. The summed E-state index contributed by atoms with van der Waals surface area (Å²) in [7, 11) is -3.91. The van der Waals surface area contributed by atoms with Crippen molar-refractivity contribution < 1.29 is 22.7 Å². The Morgan fingerprint density at radius 3 is 2.28 bits per heavy atom. The fraction of sp³-hybridized carbons (Fsp3) is 0.296. The first-order valence-electron chi connectivity index (χ1n) is 11.9. The van der Waals surface area contributed by atoms with Crippen molar-refractivity contribution in [2.75, 3.05) is 47.4 Å². The normalized spacial score (nSPS) is 17.8. The molecule has 8 nitrogen and oxygen atoms in total. The van der Waals surface area contributed by atoms with Crippen LogP contribution >= 0.6 is 0 Å². The van der Waals surface area contributed by atoms with Gasteiger partial charge in [0.1, 0.15) is 5.75 Å². The number of carbonyl (C=O) groups excluding carboxylic acids is 1. The summed E-state index contributed by atoms with van der Waals surface area (Å²) < 4.78 is 39.9. The van der Waals surface area contributed by atoms with E-state index in [0.717, 1.165) is 29.9 Å². The quantitative estimate of drug-likeness (QED) is 0.566. The number of benzene rings is 3. The van der Waals surface area contributed by atoms with Crippen LogP contribution in [0.1, 0.15) is 11.1 Å². The van der Waals surface area contributed by atoms with Crippen LogP contribution in [0.2, 0.25) is 0 Å². The molecule has 36 heavy (non-hydrogen) atoms. The number of rotatable bonds is 5. The van der Waals surface area contributed by atoms with Gasteiger partial charge in [-0.25, -0.2) is 8.42 Å². The standard InChI is InChI=1S/C27H29N3O5S/c1-19-3-10-23(11-4-19)36(32,33)30-18-26(35-25-12-5-20(2)17-24(25)30)27(31)28-21-6-8-22(9-7-21)29-13-15-34-16-14-29/h3-12,17,26H,13-16,18H2,1-2H3,(H,28,31). The van der Waals surface area contributed by atoms with E-state index in [-0.39, 0.29) is 11.4 Å². The third-order valence-corrected chi connectivity index (χ3v) is 8.19. The Kier molecular flexibility index (Phi) is 6.59. The summed E-state index contributed by atoms with van der Waals surface area (Å²) in [5, 5.41) is 2.87.